The molecule has 156 valence electrons. The zero-order valence-electron chi connectivity index (χ0n) is 17.7. The summed E-state index contributed by atoms with van der Waals surface area (Å²) in [5, 5.41) is 13.5. The molecule has 2 N–H and O–H groups in total. The van der Waals surface area contributed by atoms with Gasteiger partial charge < -0.3 is 15.2 Å². The summed E-state index contributed by atoms with van der Waals surface area (Å²) in [6.45, 7) is 4.18. The predicted octanol–water partition coefficient (Wildman–Crippen LogP) is 5.06. The molecule has 4 aliphatic carbocycles. The Kier molecular flexibility index (Phi) is 6.62. The zero-order valence-corrected chi connectivity index (χ0v) is 17.7. The first-order valence-electron chi connectivity index (χ1n) is 11.8. The molecular formula is C25H39NO2. The van der Waals surface area contributed by atoms with Crippen molar-refractivity contribution in [2.24, 2.45) is 17.8 Å². The Bertz CT molecular complexity index is 576. The predicted molar refractivity (Wildman–Crippen MR) is 115 cm³/mol. The molecule has 4 fully saturated rings. The van der Waals surface area contributed by atoms with Crippen LogP contribution in [0.3, 0.4) is 0 Å². The summed E-state index contributed by atoms with van der Waals surface area (Å²) in [7, 11) is 0. The highest BCUT2D eigenvalue weighted by Gasteiger charge is 2.51. The van der Waals surface area contributed by atoms with Crippen molar-refractivity contribution >= 4 is 0 Å². The van der Waals surface area contributed by atoms with Crippen LogP contribution in [0, 0.1) is 17.8 Å². The fraction of sp³-hybridized carbons (Fsp3) is 0.760. The van der Waals surface area contributed by atoms with Crippen molar-refractivity contribution < 1.29 is 9.84 Å². The molecule has 4 bridgehead atoms. The molecule has 3 nitrogen and oxygen atoms in total. The highest BCUT2D eigenvalue weighted by Crippen LogP contribution is 2.60. The van der Waals surface area contributed by atoms with Crippen molar-refractivity contribution in [2.45, 2.75) is 82.7 Å². The average molecular weight is 386 g/mol. The standard InChI is InChI=1S/C25H39NO2/c1-2-3-4-5-10-26-17-23(27)18-28-24-8-6-22(7-9-24)25-14-19-11-20(15-25)13-21(12-19)16-25/h6-9,19-21,23,26-27H,2-5,10-18H2,1H3. The molecule has 0 aliphatic heterocycles. The Labute approximate surface area is 171 Å². The molecule has 1 atom stereocenters. The molecule has 0 radical (unpaired) electrons. The molecular weight excluding hydrogens is 346 g/mol. The van der Waals surface area contributed by atoms with Gasteiger partial charge in [-0.2, -0.15) is 0 Å². The molecule has 1 aromatic rings. The summed E-state index contributed by atoms with van der Waals surface area (Å²) >= 11 is 0. The van der Waals surface area contributed by atoms with E-state index in [-0.39, 0.29) is 0 Å². The molecule has 0 aromatic heterocycles. The van der Waals surface area contributed by atoms with Crippen molar-refractivity contribution in [1.29, 1.82) is 0 Å². The van der Waals surface area contributed by atoms with Gasteiger partial charge in [-0.25, -0.2) is 0 Å². The number of hydrogen-bond acceptors (Lipinski definition) is 3. The van der Waals surface area contributed by atoms with Crippen LogP contribution in [-0.4, -0.2) is 30.9 Å². The van der Waals surface area contributed by atoms with Gasteiger partial charge >= 0.3 is 0 Å². The molecule has 3 heteroatoms. The van der Waals surface area contributed by atoms with Gasteiger partial charge in [0.15, 0.2) is 0 Å². The lowest BCUT2D eigenvalue weighted by Crippen LogP contribution is -2.48. The summed E-state index contributed by atoms with van der Waals surface area (Å²) < 4.78 is 5.85. The fourth-order valence-electron chi connectivity index (χ4n) is 6.57. The van der Waals surface area contributed by atoms with E-state index >= 15 is 0 Å². The second-order valence-electron chi connectivity index (χ2n) is 9.95. The Morgan fingerprint density at radius 2 is 1.64 bits per heavy atom. The van der Waals surface area contributed by atoms with Crippen molar-refractivity contribution in [3.8, 4) is 5.75 Å². The van der Waals surface area contributed by atoms with Crippen molar-refractivity contribution in [2.75, 3.05) is 19.7 Å². The minimum absolute atomic E-state index is 0.360. The number of unbranched alkanes of at least 4 members (excludes halogenated alkanes) is 3. The third-order valence-corrected chi connectivity index (χ3v) is 7.53. The van der Waals surface area contributed by atoms with Crippen LogP contribution in [0.1, 0.15) is 76.7 Å². The van der Waals surface area contributed by atoms with E-state index in [4.69, 9.17) is 4.74 Å². The monoisotopic (exact) mass is 385 g/mol. The van der Waals surface area contributed by atoms with Crippen LogP contribution < -0.4 is 10.1 Å². The molecule has 4 saturated carbocycles. The van der Waals surface area contributed by atoms with Gasteiger partial charge in [-0.1, -0.05) is 38.3 Å². The summed E-state index contributed by atoms with van der Waals surface area (Å²) in [6.07, 6.45) is 13.3. The third kappa shape index (κ3) is 4.74. The molecule has 0 spiro atoms. The maximum atomic E-state index is 10.1. The third-order valence-electron chi connectivity index (χ3n) is 7.53. The number of aliphatic hydroxyl groups excluding tert-OH is 1. The molecule has 0 amide bonds. The molecule has 1 unspecified atom stereocenters. The summed E-state index contributed by atoms with van der Waals surface area (Å²) in [4.78, 5) is 0. The normalized spacial score (nSPS) is 31.9. The number of nitrogens with one attached hydrogen (secondary N) is 1. The minimum Gasteiger partial charge on any atom is -0.491 e. The number of rotatable bonds is 11. The quantitative estimate of drug-likeness (QED) is 0.523. The van der Waals surface area contributed by atoms with Crippen molar-refractivity contribution in [1.82, 2.24) is 5.32 Å². The lowest BCUT2D eigenvalue weighted by Gasteiger charge is -2.57. The van der Waals surface area contributed by atoms with E-state index in [0.29, 0.717) is 18.6 Å². The van der Waals surface area contributed by atoms with Crippen molar-refractivity contribution in [3.63, 3.8) is 0 Å². The Balaban J connectivity index is 1.22. The van der Waals surface area contributed by atoms with Crippen LogP contribution in [0.15, 0.2) is 24.3 Å². The van der Waals surface area contributed by atoms with Gasteiger partial charge in [0, 0.05) is 6.54 Å². The van der Waals surface area contributed by atoms with Gasteiger partial charge in [0.2, 0.25) is 0 Å². The molecule has 28 heavy (non-hydrogen) atoms. The first kappa shape index (κ1) is 20.2. The lowest BCUT2D eigenvalue weighted by molar-refractivity contribution is -0.00521. The topological polar surface area (TPSA) is 41.5 Å². The minimum atomic E-state index is -0.450. The summed E-state index contributed by atoms with van der Waals surface area (Å²) in [5.41, 5.74) is 1.99. The van der Waals surface area contributed by atoms with Gasteiger partial charge in [0.1, 0.15) is 18.5 Å². The molecule has 5 rings (SSSR count). The number of hydrogen-bond donors (Lipinski definition) is 2. The molecule has 0 heterocycles. The highest BCUT2D eigenvalue weighted by molar-refractivity contribution is 5.34. The van der Waals surface area contributed by atoms with E-state index in [1.54, 1.807) is 0 Å². The van der Waals surface area contributed by atoms with Crippen molar-refractivity contribution in [3.05, 3.63) is 29.8 Å². The molecule has 4 aliphatic rings. The van der Waals surface area contributed by atoms with Crippen LogP contribution in [0.4, 0.5) is 0 Å². The summed E-state index contributed by atoms with van der Waals surface area (Å²) in [6, 6.07) is 8.86. The average Bonchev–Trinajstić information content (AvgIpc) is 2.68. The van der Waals surface area contributed by atoms with E-state index in [9.17, 15) is 5.11 Å². The van der Waals surface area contributed by atoms with Crippen LogP contribution in [-0.2, 0) is 5.41 Å². The summed E-state index contributed by atoms with van der Waals surface area (Å²) in [5.74, 6) is 3.82. The fourth-order valence-corrected chi connectivity index (χ4v) is 6.57. The van der Waals surface area contributed by atoms with E-state index in [0.717, 1.165) is 30.0 Å². The van der Waals surface area contributed by atoms with Gasteiger partial charge in [-0.15, -0.1) is 0 Å². The second kappa shape index (κ2) is 9.17. The van der Waals surface area contributed by atoms with Crippen LogP contribution >= 0.6 is 0 Å². The van der Waals surface area contributed by atoms with Crippen LogP contribution in [0.2, 0.25) is 0 Å². The van der Waals surface area contributed by atoms with Gasteiger partial charge in [-0.05, 0) is 92.4 Å². The van der Waals surface area contributed by atoms with Crippen LogP contribution in [0.5, 0.6) is 5.75 Å². The molecule has 0 saturated heterocycles. The van der Waals surface area contributed by atoms with E-state index in [1.165, 1.54) is 69.8 Å². The Morgan fingerprint density at radius 3 is 2.25 bits per heavy atom. The number of benzene rings is 1. The second-order valence-corrected chi connectivity index (χ2v) is 9.95. The smallest absolute Gasteiger partial charge is 0.119 e. The number of ether oxygens (including phenoxy) is 1. The lowest BCUT2D eigenvalue weighted by atomic mass is 9.48. The van der Waals surface area contributed by atoms with Gasteiger partial charge in [0.25, 0.3) is 0 Å². The molecule has 1 aromatic carbocycles. The first-order chi connectivity index (χ1) is 13.7. The number of aliphatic hydroxyl groups is 1. The maximum Gasteiger partial charge on any atom is 0.119 e. The van der Waals surface area contributed by atoms with E-state index in [1.807, 2.05) is 0 Å². The zero-order chi connectivity index (χ0) is 19.4. The Hall–Kier alpha value is -1.06. The Morgan fingerprint density at radius 1 is 1.00 bits per heavy atom. The van der Waals surface area contributed by atoms with E-state index in [2.05, 4.69) is 36.5 Å². The van der Waals surface area contributed by atoms with Crippen LogP contribution in [0.25, 0.3) is 0 Å². The maximum absolute atomic E-state index is 10.1. The highest BCUT2D eigenvalue weighted by atomic mass is 16.5. The largest absolute Gasteiger partial charge is 0.491 e. The first-order valence-corrected chi connectivity index (χ1v) is 11.8. The van der Waals surface area contributed by atoms with Gasteiger partial charge in [-0.3, -0.25) is 0 Å². The van der Waals surface area contributed by atoms with Gasteiger partial charge in [0.05, 0.1) is 0 Å². The van der Waals surface area contributed by atoms with E-state index < -0.39 is 6.10 Å². The SMILES string of the molecule is CCCCCCNCC(O)COc1ccc(C23CC4CC(CC(C4)C2)C3)cc1.